The Hall–Kier alpha value is -2.89. The van der Waals surface area contributed by atoms with Gasteiger partial charge in [-0.25, -0.2) is 4.79 Å². The Labute approximate surface area is 157 Å². The van der Waals surface area contributed by atoms with Crippen molar-refractivity contribution in [3.63, 3.8) is 0 Å². The van der Waals surface area contributed by atoms with E-state index >= 15 is 0 Å². The highest BCUT2D eigenvalue weighted by molar-refractivity contribution is 5.90. The van der Waals surface area contributed by atoms with Gasteiger partial charge in [0.05, 0.1) is 7.11 Å². The Bertz CT molecular complexity index is 890. The Balaban J connectivity index is 1.82. The van der Waals surface area contributed by atoms with Crippen LogP contribution in [0.5, 0.6) is 5.75 Å². The zero-order valence-electron chi connectivity index (χ0n) is 15.1. The summed E-state index contributed by atoms with van der Waals surface area (Å²) in [6.07, 6.45) is 6.23. The quantitative estimate of drug-likeness (QED) is 0.764. The number of methoxy groups -OCH3 is 1. The van der Waals surface area contributed by atoms with Crippen molar-refractivity contribution in [2.75, 3.05) is 7.11 Å². The molecule has 1 aliphatic carbocycles. The Morgan fingerprint density at radius 1 is 1.15 bits per heavy atom. The lowest BCUT2D eigenvalue weighted by molar-refractivity contribution is -0.157. The van der Waals surface area contributed by atoms with Gasteiger partial charge in [0.15, 0.2) is 11.5 Å². The molecular weight excluding hydrogens is 348 g/mol. The van der Waals surface area contributed by atoms with Crippen LogP contribution in [0.1, 0.15) is 37.7 Å². The molecule has 142 valence electrons. The first-order valence-corrected chi connectivity index (χ1v) is 9.15. The predicted molar refractivity (Wildman–Crippen MR) is 97.3 cm³/mol. The van der Waals surface area contributed by atoms with Crippen molar-refractivity contribution in [3.05, 3.63) is 53.7 Å². The molecule has 0 saturated heterocycles. The van der Waals surface area contributed by atoms with Crippen molar-refractivity contribution in [2.45, 2.75) is 37.7 Å². The highest BCUT2D eigenvalue weighted by Crippen LogP contribution is 2.50. The normalized spacial score (nSPS) is 23.5. The molecule has 2 aromatic rings. The zero-order valence-corrected chi connectivity index (χ0v) is 15.1. The summed E-state index contributed by atoms with van der Waals surface area (Å²) in [6, 6.07) is 9.09. The molecule has 1 unspecified atom stereocenters. The van der Waals surface area contributed by atoms with Gasteiger partial charge in [-0.2, -0.15) is 0 Å². The van der Waals surface area contributed by atoms with E-state index in [1.54, 1.807) is 19.2 Å². The van der Waals surface area contributed by atoms with Crippen LogP contribution >= 0.6 is 0 Å². The van der Waals surface area contributed by atoms with Gasteiger partial charge in [-0.1, -0.05) is 37.5 Å². The van der Waals surface area contributed by atoms with Gasteiger partial charge in [0.2, 0.25) is 11.4 Å². The predicted octanol–water partition coefficient (Wildman–Crippen LogP) is 4.62. The number of cyclic esters (lactones) is 1. The van der Waals surface area contributed by atoms with E-state index in [9.17, 15) is 15.0 Å². The maximum absolute atomic E-state index is 12.1. The molecular formula is C21H22O6. The summed E-state index contributed by atoms with van der Waals surface area (Å²) in [5.74, 6) is -0.877. The molecule has 2 heterocycles. The lowest BCUT2D eigenvalue weighted by Gasteiger charge is -2.38. The minimum atomic E-state index is -1.35. The molecule has 0 bridgehead atoms. The van der Waals surface area contributed by atoms with E-state index in [-0.39, 0.29) is 5.92 Å². The molecule has 1 aromatic carbocycles. The zero-order chi connectivity index (χ0) is 19.0. The van der Waals surface area contributed by atoms with Crippen molar-refractivity contribution in [1.82, 2.24) is 0 Å². The van der Waals surface area contributed by atoms with Gasteiger partial charge >= 0.3 is 5.97 Å². The Kier molecular flexibility index (Phi) is 4.34. The van der Waals surface area contributed by atoms with E-state index in [0.717, 1.165) is 37.7 Å². The number of aliphatic hydroxyl groups is 2. The van der Waals surface area contributed by atoms with E-state index in [2.05, 4.69) is 0 Å². The van der Waals surface area contributed by atoms with Crippen LogP contribution in [0.15, 0.2) is 52.5 Å². The number of hydrogen-bond acceptors (Lipinski definition) is 6. The number of benzene rings is 1. The average Bonchev–Trinajstić information content (AvgIpc) is 3.28. The summed E-state index contributed by atoms with van der Waals surface area (Å²) in [5.41, 5.74) is 0.0345. The summed E-state index contributed by atoms with van der Waals surface area (Å²) in [6.45, 7) is 0. The summed E-state index contributed by atoms with van der Waals surface area (Å²) >= 11 is 0. The highest BCUT2D eigenvalue weighted by Gasteiger charge is 2.55. The monoisotopic (exact) mass is 370 g/mol. The van der Waals surface area contributed by atoms with Gasteiger partial charge in [0.25, 0.3) is 0 Å². The molecule has 1 aromatic heterocycles. The number of rotatable bonds is 4. The Morgan fingerprint density at radius 2 is 1.93 bits per heavy atom. The fourth-order valence-electron chi connectivity index (χ4n) is 4.21. The molecule has 2 N–H and O–H groups in total. The smallest absolute Gasteiger partial charge is 0.378 e. The van der Waals surface area contributed by atoms with Crippen molar-refractivity contribution in [2.24, 2.45) is 5.92 Å². The minimum Gasteiger partial charge on any atom is -0.505 e. The van der Waals surface area contributed by atoms with E-state index in [1.165, 1.54) is 6.26 Å². The first kappa shape index (κ1) is 17.5. The van der Waals surface area contributed by atoms with Gasteiger partial charge in [-0.05, 0) is 18.9 Å². The molecule has 0 spiro atoms. The molecule has 0 radical (unpaired) electrons. The van der Waals surface area contributed by atoms with Crippen molar-refractivity contribution >= 4 is 5.97 Å². The molecule has 6 heteroatoms. The van der Waals surface area contributed by atoms with Crippen LogP contribution in [-0.2, 0) is 15.1 Å². The highest BCUT2D eigenvalue weighted by atomic mass is 16.6. The first-order chi connectivity index (χ1) is 13.1. The van der Waals surface area contributed by atoms with Crippen molar-refractivity contribution in [3.8, 4) is 17.1 Å². The maximum Gasteiger partial charge on any atom is 0.378 e. The fourth-order valence-corrected chi connectivity index (χ4v) is 4.21. The topological polar surface area (TPSA) is 89.1 Å². The van der Waals surface area contributed by atoms with Gasteiger partial charge in [0, 0.05) is 23.1 Å². The molecule has 4 rings (SSSR count). The molecule has 1 fully saturated rings. The average molecular weight is 370 g/mol. The number of ether oxygens (including phenoxy) is 2. The van der Waals surface area contributed by atoms with Crippen LogP contribution < -0.4 is 4.74 Å². The number of furan rings is 1. The third-order valence-electron chi connectivity index (χ3n) is 5.59. The molecule has 0 amide bonds. The van der Waals surface area contributed by atoms with Gasteiger partial charge in [0.1, 0.15) is 12.0 Å². The Morgan fingerprint density at radius 3 is 2.56 bits per heavy atom. The van der Waals surface area contributed by atoms with Gasteiger partial charge < -0.3 is 24.1 Å². The van der Waals surface area contributed by atoms with E-state index < -0.39 is 23.1 Å². The van der Waals surface area contributed by atoms with E-state index in [0.29, 0.717) is 17.1 Å². The molecule has 1 aliphatic heterocycles. The van der Waals surface area contributed by atoms with Crippen LogP contribution in [0.3, 0.4) is 0 Å². The summed E-state index contributed by atoms with van der Waals surface area (Å²) in [4.78, 5) is 12.1. The van der Waals surface area contributed by atoms with Crippen LogP contribution in [0.25, 0.3) is 11.3 Å². The number of aliphatic hydroxyl groups excluding tert-OH is 2. The summed E-state index contributed by atoms with van der Waals surface area (Å²) < 4.78 is 16.4. The second kappa shape index (κ2) is 6.68. The van der Waals surface area contributed by atoms with E-state index in [1.807, 2.05) is 18.2 Å². The number of carbonyl (C=O) groups is 1. The molecule has 6 nitrogen and oxygen atoms in total. The van der Waals surface area contributed by atoms with Gasteiger partial charge in [-0.3, -0.25) is 0 Å². The summed E-state index contributed by atoms with van der Waals surface area (Å²) in [5, 5.41) is 20.8. The first-order valence-electron chi connectivity index (χ1n) is 9.15. The molecule has 1 saturated carbocycles. The molecule has 1 atom stereocenters. The lowest BCUT2D eigenvalue weighted by atomic mass is 9.72. The van der Waals surface area contributed by atoms with E-state index in [4.69, 9.17) is 13.9 Å². The third kappa shape index (κ3) is 2.76. The van der Waals surface area contributed by atoms with Crippen LogP contribution in [0.2, 0.25) is 0 Å². The molecule has 27 heavy (non-hydrogen) atoms. The standard InChI is InChI=1S/C21H22O6/c1-25-16-11-17(26-12-16)13-6-5-9-15(10-13)21(14-7-3-2-4-8-14)19(23)18(22)20(24)27-21/h5-6,9-12,14,22-23H,2-4,7-8H2,1H3. The van der Waals surface area contributed by atoms with Crippen molar-refractivity contribution in [1.29, 1.82) is 0 Å². The number of hydrogen-bond donors (Lipinski definition) is 2. The number of esters is 1. The van der Waals surface area contributed by atoms with Crippen LogP contribution in [0.4, 0.5) is 0 Å². The largest absolute Gasteiger partial charge is 0.505 e. The minimum absolute atomic E-state index is 0.0961. The SMILES string of the molecule is COc1coc(-c2cccc(C3(C4CCCCC4)OC(=O)C(O)=C3O)c2)c1. The van der Waals surface area contributed by atoms with Crippen LogP contribution in [-0.4, -0.2) is 23.3 Å². The third-order valence-corrected chi connectivity index (χ3v) is 5.59. The second-order valence-electron chi connectivity index (χ2n) is 7.09. The maximum atomic E-state index is 12.1. The molecule has 2 aliphatic rings. The second-order valence-corrected chi connectivity index (χ2v) is 7.09. The lowest BCUT2D eigenvalue weighted by Crippen LogP contribution is -2.39. The van der Waals surface area contributed by atoms with Crippen LogP contribution in [0, 0.1) is 5.92 Å². The summed E-state index contributed by atoms with van der Waals surface area (Å²) in [7, 11) is 1.56. The number of carbonyl (C=O) groups excluding carboxylic acids is 1. The van der Waals surface area contributed by atoms with Crippen molar-refractivity contribution < 1.29 is 28.9 Å². The van der Waals surface area contributed by atoms with Gasteiger partial charge in [-0.15, -0.1) is 0 Å². The fraction of sp³-hybridized carbons (Fsp3) is 0.381.